The van der Waals surface area contributed by atoms with Crippen molar-refractivity contribution in [3.63, 3.8) is 0 Å². The van der Waals surface area contributed by atoms with Crippen LogP contribution < -0.4 is 11.1 Å². The number of anilines is 2. The van der Waals surface area contributed by atoms with Crippen molar-refractivity contribution < 1.29 is 5.11 Å². The molecule has 1 aromatic carbocycles. The predicted molar refractivity (Wildman–Crippen MR) is 67.5 cm³/mol. The number of benzene rings is 1. The number of hydrogen-bond acceptors (Lipinski definition) is 5. The van der Waals surface area contributed by atoms with Crippen LogP contribution in [-0.2, 0) is 0 Å². The first-order valence-electron chi connectivity index (χ1n) is 4.95. The maximum absolute atomic E-state index is 8.74. The van der Waals surface area contributed by atoms with Gasteiger partial charge in [0, 0.05) is 35.1 Å². The maximum atomic E-state index is 8.74. The summed E-state index contributed by atoms with van der Waals surface area (Å²) in [5.41, 5.74) is 8.48. The van der Waals surface area contributed by atoms with Crippen LogP contribution in [0, 0.1) is 0 Å². The van der Waals surface area contributed by atoms with E-state index in [2.05, 4.69) is 10.3 Å². The van der Waals surface area contributed by atoms with Crippen LogP contribution in [0.5, 0.6) is 0 Å². The summed E-state index contributed by atoms with van der Waals surface area (Å²) in [6, 6.07) is 5.68. The molecule has 16 heavy (non-hydrogen) atoms. The molecule has 0 aliphatic carbocycles. The number of aliphatic hydroxyl groups is 1. The molecular formula is C11H13N3OS. The van der Waals surface area contributed by atoms with Crippen LogP contribution in [0.3, 0.4) is 0 Å². The van der Waals surface area contributed by atoms with Crippen LogP contribution in [0.15, 0.2) is 29.8 Å². The van der Waals surface area contributed by atoms with Crippen molar-refractivity contribution in [3.05, 3.63) is 29.8 Å². The first kappa shape index (κ1) is 10.9. The number of nitrogens with zero attached hydrogens (tertiary/aromatic N) is 1. The van der Waals surface area contributed by atoms with Crippen molar-refractivity contribution in [1.82, 2.24) is 4.98 Å². The zero-order valence-electron chi connectivity index (χ0n) is 8.68. The van der Waals surface area contributed by atoms with E-state index in [0.717, 1.165) is 16.3 Å². The SMILES string of the molecule is Nc1ccc(NCCO)cc1-c1nccs1. The molecule has 84 valence electrons. The van der Waals surface area contributed by atoms with E-state index < -0.39 is 0 Å². The minimum Gasteiger partial charge on any atom is -0.398 e. The van der Waals surface area contributed by atoms with Gasteiger partial charge in [0.2, 0.25) is 0 Å². The van der Waals surface area contributed by atoms with Gasteiger partial charge in [-0.05, 0) is 18.2 Å². The molecule has 0 aliphatic heterocycles. The predicted octanol–water partition coefficient (Wildman–Crippen LogP) is 1.80. The van der Waals surface area contributed by atoms with Gasteiger partial charge in [0.05, 0.1) is 6.61 Å². The largest absolute Gasteiger partial charge is 0.398 e. The van der Waals surface area contributed by atoms with Crippen LogP contribution in [0.1, 0.15) is 0 Å². The van der Waals surface area contributed by atoms with Crippen molar-refractivity contribution in [3.8, 4) is 10.6 Å². The fourth-order valence-electron chi connectivity index (χ4n) is 1.41. The van der Waals surface area contributed by atoms with Crippen molar-refractivity contribution in [2.24, 2.45) is 0 Å². The molecule has 2 aromatic rings. The van der Waals surface area contributed by atoms with Gasteiger partial charge >= 0.3 is 0 Å². The lowest BCUT2D eigenvalue weighted by molar-refractivity contribution is 0.311. The van der Waals surface area contributed by atoms with Crippen LogP contribution in [-0.4, -0.2) is 23.2 Å². The van der Waals surface area contributed by atoms with E-state index in [1.807, 2.05) is 23.6 Å². The highest BCUT2D eigenvalue weighted by molar-refractivity contribution is 7.13. The Morgan fingerprint density at radius 3 is 3.00 bits per heavy atom. The number of hydrogen-bond donors (Lipinski definition) is 3. The van der Waals surface area contributed by atoms with Gasteiger partial charge in [0.15, 0.2) is 0 Å². The van der Waals surface area contributed by atoms with Gasteiger partial charge in [0.1, 0.15) is 5.01 Å². The molecule has 4 nitrogen and oxygen atoms in total. The van der Waals surface area contributed by atoms with Gasteiger partial charge < -0.3 is 16.2 Å². The second kappa shape index (κ2) is 4.96. The standard InChI is InChI=1S/C11H13N3OS/c12-10-2-1-8(13-3-5-15)7-9(10)11-14-4-6-16-11/h1-2,4,6-7,13,15H,3,5,12H2. The number of nitrogens with one attached hydrogen (secondary N) is 1. The maximum Gasteiger partial charge on any atom is 0.125 e. The second-order valence-corrected chi connectivity index (χ2v) is 4.18. The Kier molecular flexibility index (Phi) is 3.38. The zero-order valence-corrected chi connectivity index (χ0v) is 9.50. The molecule has 5 heteroatoms. The monoisotopic (exact) mass is 235 g/mol. The summed E-state index contributed by atoms with van der Waals surface area (Å²) < 4.78 is 0. The van der Waals surface area contributed by atoms with E-state index in [1.54, 1.807) is 17.5 Å². The van der Waals surface area contributed by atoms with E-state index in [4.69, 9.17) is 10.8 Å². The molecule has 0 aliphatic rings. The number of nitrogens with two attached hydrogens (primary N) is 1. The molecule has 0 radical (unpaired) electrons. The van der Waals surface area contributed by atoms with Gasteiger partial charge in [-0.15, -0.1) is 11.3 Å². The lowest BCUT2D eigenvalue weighted by atomic mass is 10.1. The number of nitrogen functional groups attached to an aromatic ring is 1. The van der Waals surface area contributed by atoms with Gasteiger partial charge in [0.25, 0.3) is 0 Å². The molecule has 0 amide bonds. The summed E-state index contributed by atoms with van der Waals surface area (Å²) in [5, 5.41) is 14.7. The normalized spacial score (nSPS) is 10.3. The lowest BCUT2D eigenvalue weighted by Crippen LogP contribution is -2.05. The summed E-state index contributed by atoms with van der Waals surface area (Å²) in [6.45, 7) is 0.637. The first-order valence-corrected chi connectivity index (χ1v) is 5.83. The molecular weight excluding hydrogens is 222 g/mol. The Balaban J connectivity index is 2.30. The summed E-state index contributed by atoms with van der Waals surface area (Å²) in [7, 11) is 0. The molecule has 0 saturated carbocycles. The highest BCUT2D eigenvalue weighted by Crippen LogP contribution is 2.30. The molecule has 0 bridgehead atoms. The highest BCUT2D eigenvalue weighted by Gasteiger charge is 2.06. The smallest absolute Gasteiger partial charge is 0.125 e. The Hall–Kier alpha value is -1.59. The summed E-state index contributed by atoms with van der Waals surface area (Å²) in [5.74, 6) is 0. The van der Waals surface area contributed by atoms with E-state index in [0.29, 0.717) is 12.2 Å². The molecule has 2 rings (SSSR count). The molecule has 0 spiro atoms. The molecule has 0 atom stereocenters. The average molecular weight is 235 g/mol. The van der Waals surface area contributed by atoms with E-state index in [1.165, 1.54) is 0 Å². The number of rotatable bonds is 4. The van der Waals surface area contributed by atoms with Crippen LogP contribution in [0.4, 0.5) is 11.4 Å². The van der Waals surface area contributed by atoms with Gasteiger partial charge in [-0.25, -0.2) is 4.98 Å². The van der Waals surface area contributed by atoms with Gasteiger partial charge in [-0.1, -0.05) is 0 Å². The highest BCUT2D eigenvalue weighted by atomic mass is 32.1. The molecule has 1 heterocycles. The number of aliphatic hydroxyl groups excluding tert-OH is 1. The third kappa shape index (κ3) is 2.32. The van der Waals surface area contributed by atoms with E-state index in [-0.39, 0.29) is 6.61 Å². The molecule has 0 fully saturated rings. The quantitative estimate of drug-likeness (QED) is 0.707. The van der Waals surface area contributed by atoms with Crippen molar-refractivity contribution in [1.29, 1.82) is 0 Å². The Bertz CT molecular complexity index is 456. The third-order valence-electron chi connectivity index (χ3n) is 2.16. The average Bonchev–Trinajstić information content (AvgIpc) is 2.81. The topological polar surface area (TPSA) is 71.2 Å². The van der Waals surface area contributed by atoms with E-state index >= 15 is 0 Å². The molecule has 0 saturated heterocycles. The summed E-state index contributed by atoms with van der Waals surface area (Å²) in [6.07, 6.45) is 1.76. The third-order valence-corrected chi connectivity index (χ3v) is 2.96. The number of aromatic nitrogens is 1. The minimum atomic E-state index is 0.108. The summed E-state index contributed by atoms with van der Waals surface area (Å²) >= 11 is 1.55. The zero-order chi connectivity index (χ0) is 11.4. The minimum absolute atomic E-state index is 0.108. The Morgan fingerprint density at radius 1 is 1.44 bits per heavy atom. The fraction of sp³-hybridized carbons (Fsp3) is 0.182. The molecule has 1 aromatic heterocycles. The van der Waals surface area contributed by atoms with Crippen molar-refractivity contribution in [2.75, 3.05) is 24.2 Å². The van der Waals surface area contributed by atoms with Crippen LogP contribution in [0.25, 0.3) is 10.6 Å². The fourth-order valence-corrected chi connectivity index (χ4v) is 2.08. The lowest BCUT2D eigenvalue weighted by Gasteiger charge is -2.08. The first-order chi connectivity index (χ1) is 7.81. The van der Waals surface area contributed by atoms with E-state index in [9.17, 15) is 0 Å². The Labute approximate surface area is 97.8 Å². The van der Waals surface area contributed by atoms with Crippen molar-refractivity contribution >= 4 is 22.7 Å². The summed E-state index contributed by atoms with van der Waals surface area (Å²) in [4.78, 5) is 4.23. The van der Waals surface area contributed by atoms with Gasteiger partial charge in [-0.2, -0.15) is 0 Å². The second-order valence-electron chi connectivity index (χ2n) is 3.29. The van der Waals surface area contributed by atoms with Crippen LogP contribution >= 0.6 is 11.3 Å². The van der Waals surface area contributed by atoms with Gasteiger partial charge in [-0.3, -0.25) is 0 Å². The molecule has 4 N–H and O–H groups in total. The Morgan fingerprint density at radius 2 is 2.31 bits per heavy atom. The van der Waals surface area contributed by atoms with Crippen molar-refractivity contribution in [2.45, 2.75) is 0 Å². The molecule has 0 unspecified atom stereocenters. The number of thiazole rings is 1. The van der Waals surface area contributed by atoms with Crippen LogP contribution in [0.2, 0.25) is 0 Å².